The van der Waals surface area contributed by atoms with Gasteiger partial charge < -0.3 is 17.2 Å². The van der Waals surface area contributed by atoms with E-state index in [0.717, 1.165) is 17.7 Å². The molecular formula is C13H18Cl3N3. The van der Waals surface area contributed by atoms with E-state index in [0.29, 0.717) is 11.4 Å². The zero-order chi connectivity index (χ0) is 11.5. The van der Waals surface area contributed by atoms with Crippen molar-refractivity contribution in [1.82, 2.24) is 0 Å². The second kappa shape index (κ2) is 8.75. The van der Waals surface area contributed by atoms with Gasteiger partial charge in [-0.3, -0.25) is 0 Å². The van der Waals surface area contributed by atoms with E-state index >= 15 is 0 Å². The monoisotopic (exact) mass is 321 g/mol. The molecule has 6 N–H and O–H groups in total. The molecule has 0 aliphatic rings. The van der Waals surface area contributed by atoms with Gasteiger partial charge in [0.15, 0.2) is 0 Å². The standard InChI is InChI=1S/C13H15N3.3ClH/c14-11-3-1-2-9(7-11)6-10-4-5-12(15)13(16)8-10;;;/h1-5,7-8H,6,14-16H2;3*1H. The number of hydrogen-bond acceptors (Lipinski definition) is 3. The van der Waals surface area contributed by atoms with Crippen molar-refractivity contribution in [2.75, 3.05) is 17.2 Å². The summed E-state index contributed by atoms with van der Waals surface area (Å²) in [5.41, 5.74) is 21.5. The number of anilines is 3. The Kier molecular flexibility index (Phi) is 9.23. The Morgan fingerprint density at radius 3 is 1.89 bits per heavy atom. The first-order valence-corrected chi connectivity index (χ1v) is 5.13. The molecule has 0 heterocycles. The van der Waals surface area contributed by atoms with Crippen LogP contribution in [0.25, 0.3) is 0 Å². The first-order valence-electron chi connectivity index (χ1n) is 5.13. The Morgan fingerprint density at radius 1 is 0.684 bits per heavy atom. The van der Waals surface area contributed by atoms with Gasteiger partial charge in [-0.25, -0.2) is 0 Å². The van der Waals surface area contributed by atoms with Gasteiger partial charge in [0.1, 0.15) is 0 Å². The minimum Gasteiger partial charge on any atom is -0.399 e. The van der Waals surface area contributed by atoms with E-state index in [1.807, 2.05) is 42.5 Å². The topological polar surface area (TPSA) is 78.1 Å². The molecule has 0 aromatic heterocycles. The summed E-state index contributed by atoms with van der Waals surface area (Å²) in [5.74, 6) is 0. The molecule has 19 heavy (non-hydrogen) atoms. The number of rotatable bonds is 2. The Morgan fingerprint density at radius 2 is 1.32 bits per heavy atom. The van der Waals surface area contributed by atoms with Crippen LogP contribution in [-0.2, 0) is 6.42 Å². The van der Waals surface area contributed by atoms with E-state index in [-0.39, 0.29) is 37.2 Å². The molecule has 0 fully saturated rings. The number of halogens is 3. The third-order valence-corrected chi connectivity index (χ3v) is 2.51. The fourth-order valence-electron chi connectivity index (χ4n) is 1.67. The average molecular weight is 323 g/mol. The van der Waals surface area contributed by atoms with Crippen molar-refractivity contribution in [3.8, 4) is 0 Å². The number of hydrogen-bond donors (Lipinski definition) is 3. The number of nitrogen functional groups attached to an aromatic ring is 3. The normalized spacial score (nSPS) is 8.63. The lowest BCUT2D eigenvalue weighted by Gasteiger charge is -2.06. The lowest BCUT2D eigenvalue weighted by molar-refractivity contribution is 1.20. The first kappa shape index (κ1) is 20.0. The van der Waals surface area contributed by atoms with Crippen LogP contribution in [0.3, 0.4) is 0 Å². The third kappa shape index (κ3) is 5.47. The van der Waals surface area contributed by atoms with Crippen molar-refractivity contribution >= 4 is 54.3 Å². The van der Waals surface area contributed by atoms with Gasteiger partial charge in [-0.15, -0.1) is 37.2 Å². The highest BCUT2D eigenvalue weighted by Crippen LogP contribution is 2.19. The molecule has 0 saturated carbocycles. The van der Waals surface area contributed by atoms with Crippen LogP contribution in [0.4, 0.5) is 17.1 Å². The smallest absolute Gasteiger partial charge is 0.0550 e. The predicted molar refractivity (Wildman–Crippen MR) is 90.7 cm³/mol. The van der Waals surface area contributed by atoms with Crippen molar-refractivity contribution in [3.05, 3.63) is 53.6 Å². The van der Waals surface area contributed by atoms with Gasteiger partial charge in [-0.1, -0.05) is 18.2 Å². The Balaban J connectivity index is 0. The molecule has 0 unspecified atom stereocenters. The molecule has 2 aromatic rings. The van der Waals surface area contributed by atoms with Crippen LogP contribution >= 0.6 is 37.2 Å². The third-order valence-electron chi connectivity index (χ3n) is 2.51. The van der Waals surface area contributed by atoms with Crippen LogP contribution in [0.2, 0.25) is 0 Å². The summed E-state index contributed by atoms with van der Waals surface area (Å²) in [5, 5.41) is 0. The Hall–Kier alpha value is -1.29. The van der Waals surface area contributed by atoms with Gasteiger partial charge in [0, 0.05) is 5.69 Å². The highest BCUT2D eigenvalue weighted by molar-refractivity contribution is 5.86. The number of benzene rings is 2. The van der Waals surface area contributed by atoms with E-state index in [1.54, 1.807) is 0 Å². The SMILES string of the molecule is Cl.Cl.Cl.Nc1cccc(Cc2ccc(N)c(N)c2)c1. The van der Waals surface area contributed by atoms with E-state index in [1.165, 1.54) is 5.56 Å². The van der Waals surface area contributed by atoms with Crippen molar-refractivity contribution in [3.63, 3.8) is 0 Å². The van der Waals surface area contributed by atoms with E-state index < -0.39 is 0 Å². The van der Waals surface area contributed by atoms with E-state index in [2.05, 4.69) is 0 Å². The van der Waals surface area contributed by atoms with E-state index in [9.17, 15) is 0 Å². The molecule has 6 heteroatoms. The van der Waals surface area contributed by atoms with Gasteiger partial charge in [-0.05, 0) is 41.8 Å². The minimum absolute atomic E-state index is 0. The molecule has 0 aliphatic heterocycles. The summed E-state index contributed by atoms with van der Waals surface area (Å²) < 4.78 is 0. The maximum Gasteiger partial charge on any atom is 0.0550 e. The molecule has 0 atom stereocenters. The Bertz CT molecular complexity index is 518. The van der Waals surface area contributed by atoms with Gasteiger partial charge in [-0.2, -0.15) is 0 Å². The summed E-state index contributed by atoms with van der Waals surface area (Å²) in [6.45, 7) is 0. The summed E-state index contributed by atoms with van der Waals surface area (Å²) in [6.07, 6.45) is 0.815. The van der Waals surface area contributed by atoms with Crippen LogP contribution in [0, 0.1) is 0 Å². The molecule has 0 amide bonds. The van der Waals surface area contributed by atoms with Crippen molar-refractivity contribution < 1.29 is 0 Å². The van der Waals surface area contributed by atoms with Crippen molar-refractivity contribution in [2.45, 2.75) is 6.42 Å². The molecule has 0 saturated heterocycles. The van der Waals surface area contributed by atoms with Gasteiger partial charge in [0.05, 0.1) is 11.4 Å². The molecule has 0 aliphatic carbocycles. The summed E-state index contributed by atoms with van der Waals surface area (Å²) in [7, 11) is 0. The van der Waals surface area contributed by atoms with Crippen molar-refractivity contribution in [2.24, 2.45) is 0 Å². The van der Waals surface area contributed by atoms with Crippen LogP contribution in [0.1, 0.15) is 11.1 Å². The maximum atomic E-state index is 5.75. The zero-order valence-corrected chi connectivity index (χ0v) is 12.7. The van der Waals surface area contributed by atoms with Crippen LogP contribution in [0.15, 0.2) is 42.5 Å². The highest BCUT2D eigenvalue weighted by atomic mass is 35.5. The summed E-state index contributed by atoms with van der Waals surface area (Å²) >= 11 is 0. The largest absolute Gasteiger partial charge is 0.399 e. The molecule has 0 radical (unpaired) electrons. The lowest BCUT2D eigenvalue weighted by atomic mass is 10.0. The number of nitrogens with two attached hydrogens (primary N) is 3. The lowest BCUT2D eigenvalue weighted by Crippen LogP contribution is -1.97. The molecule has 3 nitrogen and oxygen atoms in total. The fraction of sp³-hybridized carbons (Fsp3) is 0.0769. The van der Waals surface area contributed by atoms with Gasteiger partial charge >= 0.3 is 0 Å². The second-order valence-electron chi connectivity index (χ2n) is 3.89. The molecular weight excluding hydrogens is 305 g/mol. The fourth-order valence-corrected chi connectivity index (χ4v) is 1.67. The first-order chi connectivity index (χ1) is 7.65. The van der Waals surface area contributed by atoms with Crippen LogP contribution in [0.5, 0.6) is 0 Å². The molecule has 0 spiro atoms. The zero-order valence-electron chi connectivity index (χ0n) is 10.2. The molecule has 106 valence electrons. The Labute approximate surface area is 131 Å². The van der Waals surface area contributed by atoms with Crippen molar-refractivity contribution in [1.29, 1.82) is 0 Å². The predicted octanol–water partition coefficient (Wildman–Crippen LogP) is 3.29. The summed E-state index contributed by atoms with van der Waals surface area (Å²) in [6, 6.07) is 13.5. The van der Waals surface area contributed by atoms with Gasteiger partial charge in [0.25, 0.3) is 0 Å². The second-order valence-corrected chi connectivity index (χ2v) is 3.89. The van der Waals surface area contributed by atoms with Crippen LogP contribution in [-0.4, -0.2) is 0 Å². The molecule has 0 bridgehead atoms. The highest BCUT2D eigenvalue weighted by Gasteiger charge is 1.99. The minimum atomic E-state index is 0. The maximum absolute atomic E-state index is 5.75. The average Bonchev–Trinajstić information content (AvgIpc) is 2.24. The summed E-state index contributed by atoms with van der Waals surface area (Å²) in [4.78, 5) is 0. The van der Waals surface area contributed by atoms with Crippen LogP contribution < -0.4 is 17.2 Å². The van der Waals surface area contributed by atoms with Gasteiger partial charge in [0.2, 0.25) is 0 Å². The molecule has 2 aromatic carbocycles. The molecule has 2 rings (SSSR count). The quantitative estimate of drug-likeness (QED) is 0.742. The van der Waals surface area contributed by atoms with E-state index in [4.69, 9.17) is 17.2 Å².